The number of aliphatic imine (C=N–C) groups is 1. The lowest BCUT2D eigenvalue weighted by Gasteiger charge is -2.08. The van der Waals surface area contributed by atoms with Gasteiger partial charge in [-0.1, -0.05) is 60.7 Å². The van der Waals surface area contributed by atoms with E-state index in [9.17, 15) is 4.79 Å². The van der Waals surface area contributed by atoms with Gasteiger partial charge in [-0.2, -0.15) is 0 Å². The summed E-state index contributed by atoms with van der Waals surface area (Å²) in [6.07, 6.45) is 0.741. The molecule has 0 amide bonds. The van der Waals surface area contributed by atoms with Crippen molar-refractivity contribution in [2.45, 2.75) is 13.3 Å². The molecule has 0 unspecified atom stereocenters. The molecule has 3 heteroatoms. The lowest BCUT2D eigenvalue weighted by atomic mass is 10.0. The fourth-order valence-electron chi connectivity index (χ4n) is 2.67. The van der Waals surface area contributed by atoms with E-state index in [-0.39, 0.29) is 5.97 Å². The smallest absolute Gasteiger partial charge is 0.338 e. The third kappa shape index (κ3) is 4.67. The molecule has 0 spiro atoms. The van der Waals surface area contributed by atoms with Crippen molar-refractivity contribution in [1.29, 1.82) is 0 Å². The van der Waals surface area contributed by atoms with Gasteiger partial charge in [-0.25, -0.2) is 4.79 Å². The van der Waals surface area contributed by atoms with E-state index in [1.807, 2.05) is 48.5 Å². The molecular weight excluding hydrogens is 322 g/mol. The van der Waals surface area contributed by atoms with Gasteiger partial charge in [0.2, 0.25) is 0 Å². The Morgan fingerprint density at radius 3 is 2.04 bits per heavy atom. The Labute approximate surface area is 154 Å². The van der Waals surface area contributed by atoms with Crippen LogP contribution in [-0.4, -0.2) is 18.3 Å². The van der Waals surface area contributed by atoms with E-state index >= 15 is 0 Å². The third-order valence-electron chi connectivity index (χ3n) is 3.96. The zero-order chi connectivity index (χ0) is 18.2. The summed E-state index contributed by atoms with van der Waals surface area (Å²) in [6.45, 7) is 2.17. The lowest BCUT2D eigenvalue weighted by molar-refractivity contribution is 0.0526. The highest BCUT2D eigenvalue weighted by molar-refractivity contribution is 6.03. The van der Waals surface area contributed by atoms with Crippen molar-refractivity contribution >= 4 is 17.4 Å². The number of nitrogens with zero attached hydrogens (tertiary/aromatic N) is 1. The zero-order valence-electron chi connectivity index (χ0n) is 14.8. The number of carbonyl (C=O) groups excluding carboxylic acids is 1. The van der Waals surface area contributed by atoms with Gasteiger partial charge in [-0.15, -0.1) is 0 Å². The second kappa shape index (κ2) is 8.77. The van der Waals surface area contributed by atoms with Gasteiger partial charge in [0.25, 0.3) is 0 Å². The fourth-order valence-corrected chi connectivity index (χ4v) is 2.67. The van der Waals surface area contributed by atoms with E-state index in [1.54, 1.807) is 19.1 Å². The molecule has 3 nitrogen and oxygen atoms in total. The van der Waals surface area contributed by atoms with Crippen molar-refractivity contribution in [3.63, 3.8) is 0 Å². The number of ether oxygens (including phenoxy) is 1. The topological polar surface area (TPSA) is 38.7 Å². The van der Waals surface area contributed by atoms with Crippen LogP contribution in [0.5, 0.6) is 0 Å². The summed E-state index contributed by atoms with van der Waals surface area (Å²) in [6, 6.07) is 27.6. The van der Waals surface area contributed by atoms with E-state index in [0.717, 1.165) is 23.4 Å². The summed E-state index contributed by atoms with van der Waals surface area (Å²) < 4.78 is 5.02. The molecule has 0 aliphatic rings. The molecule has 0 radical (unpaired) electrons. The van der Waals surface area contributed by atoms with E-state index in [4.69, 9.17) is 9.73 Å². The van der Waals surface area contributed by atoms with Crippen molar-refractivity contribution < 1.29 is 9.53 Å². The second-order valence-electron chi connectivity index (χ2n) is 5.85. The molecule has 0 atom stereocenters. The van der Waals surface area contributed by atoms with Crippen LogP contribution >= 0.6 is 0 Å². The average Bonchev–Trinajstić information content (AvgIpc) is 2.70. The number of rotatable bonds is 6. The second-order valence-corrected chi connectivity index (χ2v) is 5.85. The first-order chi connectivity index (χ1) is 12.8. The third-order valence-corrected chi connectivity index (χ3v) is 3.96. The molecule has 0 aromatic heterocycles. The number of hydrogen-bond acceptors (Lipinski definition) is 3. The average molecular weight is 343 g/mol. The number of benzene rings is 3. The van der Waals surface area contributed by atoms with Gasteiger partial charge in [-0.3, -0.25) is 4.99 Å². The molecular formula is C23H21NO2. The SMILES string of the molecule is CCOC(=O)c1ccc(N=C(Cc2ccccc2)c2ccccc2)cc1. The summed E-state index contributed by atoms with van der Waals surface area (Å²) in [5, 5.41) is 0. The highest BCUT2D eigenvalue weighted by atomic mass is 16.5. The Morgan fingerprint density at radius 1 is 0.808 bits per heavy atom. The molecule has 0 N–H and O–H groups in total. The standard InChI is InChI=1S/C23H21NO2/c1-2-26-23(25)20-13-15-21(16-14-20)24-22(19-11-7-4-8-12-19)17-18-9-5-3-6-10-18/h3-16H,2,17H2,1H3. The van der Waals surface area contributed by atoms with Gasteiger partial charge < -0.3 is 4.74 Å². The zero-order valence-corrected chi connectivity index (χ0v) is 14.8. The van der Waals surface area contributed by atoms with Crippen molar-refractivity contribution in [3.8, 4) is 0 Å². The van der Waals surface area contributed by atoms with Gasteiger partial charge in [0.1, 0.15) is 0 Å². The molecule has 3 aromatic rings. The van der Waals surface area contributed by atoms with Crippen molar-refractivity contribution in [1.82, 2.24) is 0 Å². The molecule has 130 valence electrons. The Hall–Kier alpha value is -3.20. The van der Waals surface area contributed by atoms with E-state index in [0.29, 0.717) is 12.2 Å². The summed E-state index contributed by atoms with van der Waals surface area (Å²) in [5.74, 6) is -0.310. The molecule has 26 heavy (non-hydrogen) atoms. The summed E-state index contributed by atoms with van der Waals surface area (Å²) in [7, 11) is 0. The van der Waals surface area contributed by atoms with Crippen LogP contribution in [0.4, 0.5) is 5.69 Å². The quantitative estimate of drug-likeness (QED) is 0.454. The maximum atomic E-state index is 11.8. The maximum absolute atomic E-state index is 11.8. The lowest BCUT2D eigenvalue weighted by Crippen LogP contribution is -2.05. The number of carbonyl (C=O) groups is 1. The van der Waals surface area contributed by atoms with Crippen LogP contribution in [0.15, 0.2) is 89.9 Å². The van der Waals surface area contributed by atoms with Crippen LogP contribution in [0, 0.1) is 0 Å². The largest absolute Gasteiger partial charge is 0.462 e. The van der Waals surface area contributed by atoms with Gasteiger partial charge in [0.15, 0.2) is 0 Å². The van der Waals surface area contributed by atoms with Crippen LogP contribution in [0.3, 0.4) is 0 Å². The number of esters is 1. The number of hydrogen-bond donors (Lipinski definition) is 0. The summed E-state index contributed by atoms with van der Waals surface area (Å²) in [4.78, 5) is 16.6. The normalized spacial score (nSPS) is 11.2. The molecule has 0 saturated carbocycles. The van der Waals surface area contributed by atoms with Gasteiger partial charge in [0.05, 0.1) is 23.6 Å². The fraction of sp³-hybridized carbons (Fsp3) is 0.130. The van der Waals surface area contributed by atoms with Crippen molar-refractivity contribution in [2.24, 2.45) is 4.99 Å². The summed E-state index contributed by atoms with van der Waals surface area (Å²) in [5.41, 5.74) is 4.63. The molecule has 0 saturated heterocycles. The van der Waals surface area contributed by atoms with Crippen LogP contribution in [0.25, 0.3) is 0 Å². The highest BCUT2D eigenvalue weighted by Gasteiger charge is 2.08. The molecule has 0 heterocycles. The Bertz CT molecular complexity index is 869. The molecule has 0 aliphatic heterocycles. The van der Waals surface area contributed by atoms with Crippen LogP contribution < -0.4 is 0 Å². The van der Waals surface area contributed by atoms with E-state index in [2.05, 4.69) is 24.3 Å². The van der Waals surface area contributed by atoms with Crippen LogP contribution in [0.1, 0.15) is 28.4 Å². The predicted octanol–water partition coefficient (Wildman–Crippen LogP) is 5.23. The first kappa shape index (κ1) is 17.6. The Balaban J connectivity index is 1.90. The Kier molecular flexibility index (Phi) is 5.94. The first-order valence-corrected chi connectivity index (χ1v) is 8.70. The van der Waals surface area contributed by atoms with Crippen molar-refractivity contribution in [2.75, 3.05) is 6.61 Å². The van der Waals surface area contributed by atoms with Crippen molar-refractivity contribution in [3.05, 3.63) is 102 Å². The van der Waals surface area contributed by atoms with Crippen LogP contribution in [0.2, 0.25) is 0 Å². The van der Waals surface area contributed by atoms with E-state index < -0.39 is 0 Å². The molecule has 0 aliphatic carbocycles. The molecule has 0 fully saturated rings. The molecule has 0 bridgehead atoms. The molecule has 3 aromatic carbocycles. The van der Waals surface area contributed by atoms with Gasteiger partial charge in [0, 0.05) is 6.42 Å². The monoisotopic (exact) mass is 343 g/mol. The predicted molar refractivity (Wildman–Crippen MR) is 105 cm³/mol. The van der Waals surface area contributed by atoms with Gasteiger partial charge >= 0.3 is 5.97 Å². The van der Waals surface area contributed by atoms with Crippen LogP contribution in [-0.2, 0) is 11.2 Å². The highest BCUT2D eigenvalue weighted by Crippen LogP contribution is 2.18. The van der Waals surface area contributed by atoms with E-state index in [1.165, 1.54) is 5.56 Å². The first-order valence-electron chi connectivity index (χ1n) is 8.70. The Morgan fingerprint density at radius 2 is 1.42 bits per heavy atom. The maximum Gasteiger partial charge on any atom is 0.338 e. The van der Waals surface area contributed by atoms with Gasteiger partial charge in [-0.05, 0) is 42.3 Å². The minimum Gasteiger partial charge on any atom is -0.462 e. The minimum atomic E-state index is -0.310. The minimum absolute atomic E-state index is 0.310. The molecule has 3 rings (SSSR count). The summed E-state index contributed by atoms with van der Waals surface area (Å²) >= 11 is 0.